The van der Waals surface area contributed by atoms with E-state index in [0.717, 1.165) is 0 Å². The number of nitrogens with zero attached hydrogens (tertiary/aromatic N) is 1. The maximum Gasteiger partial charge on any atom is 0.0663 e. The van der Waals surface area contributed by atoms with E-state index in [4.69, 9.17) is 5.26 Å². The Hall–Kier alpha value is -1.07. The van der Waals surface area contributed by atoms with Crippen molar-refractivity contribution in [2.45, 2.75) is 6.42 Å². The Labute approximate surface area is 64.2 Å². The first-order chi connectivity index (χ1) is 4.93. The molecular weight excluding hydrogens is 142 g/mol. The van der Waals surface area contributed by atoms with Gasteiger partial charge in [-0.05, 0) is 17.5 Å². The molecule has 0 amide bonds. The normalized spacial score (nSPS) is 9.90. The SMILES string of the molecule is N#CCC=Cc1cccs1. The number of allylic oxidation sites excluding steroid dienone is 1. The quantitative estimate of drug-likeness (QED) is 0.634. The molecule has 1 heterocycles. The fourth-order valence-corrected chi connectivity index (χ4v) is 1.26. The molecule has 0 spiro atoms. The average molecular weight is 149 g/mol. The maximum absolute atomic E-state index is 8.20. The highest BCUT2D eigenvalue weighted by Crippen LogP contribution is 2.10. The molecule has 1 aromatic heterocycles. The standard InChI is InChI=1S/C8H7NS/c9-6-2-1-4-8-5-3-7-10-8/h1,3-5,7H,2H2. The van der Waals surface area contributed by atoms with Crippen LogP contribution in [0.3, 0.4) is 0 Å². The molecule has 1 nitrogen and oxygen atoms in total. The van der Waals surface area contributed by atoms with Gasteiger partial charge in [0.2, 0.25) is 0 Å². The van der Waals surface area contributed by atoms with Crippen LogP contribution in [-0.4, -0.2) is 0 Å². The van der Waals surface area contributed by atoms with Crippen molar-refractivity contribution in [2.24, 2.45) is 0 Å². The summed E-state index contributed by atoms with van der Waals surface area (Å²) in [6.07, 6.45) is 4.33. The Bertz CT molecular complexity index is 241. The van der Waals surface area contributed by atoms with E-state index in [0.29, 0.717) is 6.42 Å². The van der Waals surface area contributed by atoms with E-state index < -0.39 is 0 Å². The Kier molecular flexibility index (Phi) is 2.72. The van der Waals surface area contributed by atoms with Gasteiger partial charge in [0.15, 0.2) is 0 Å². The smallest absolute Gasteiger partial charge is 0.0663 e. The van der Waals surface area contributed by atoms with Crippen molar-refractivity contribution in [1.82, 2.24) is 0 Å². The summed E-state index contributed by atoms with van der Waals surface area (Å²) >= 11 is 1.68. The van der Waals surface area contributed by atoms with Crippen molar-refractivity contribution in [2.75, 3.05) is 0 Å². The molecule has 0 aromatic carbocycles. The first-order valence-electron chi connectivity index (χ1n) is 3.00. The highest BCUT2D eigenvalue weighted by Gasteiger charge is 1.82. The summed E-state index contributed by atoms with van der Waals surface area (Å²) in [6, 6.07) is 6.07. The topological polar surface area (TPSA) is 23.8 Å². The molecular formula is C8H7NS. The minimum atomic E-state index is 0.498. The van der Waals surface area contributed by atoms with Gasteiger partial charge in [-0.2, -0.15) is 5.26 Å². The van der Waals surface area contributed by atoms with Crippen LogP contribution < -0.4 is 0 Å². The van der Waals surface area contributed by atoms with Gasteiger partial charge in [0.05, 0.1) is 12.5 Å². The van der Waals surface area contributed by atoms with E-state index in [2.05, 4.69) is 0 Å². The maximum atomic E-state index is 8.20. The van der Waals surface area contributed by atoms with Crippen LogP contribution >= 0.6 is 11.3 Å². The van der Waals surface area contributed by atoms with Gasteiger partial charge in [0, 0.05) is 4.88 Å². The molecule has 0 N–H and O–H groups in total. The third kappa shape index (κ3) is 2.04. The van der Waals surface area contributed by atoms with Crippen molar-refractivity contribution in [3.05, 3.63) is 28.5 Å². The second-order valence-electron chi connectivity index (χ2n) is 1.78. The second kappa shape index (κ2) is 3.86. The lowest BCUT2D eigenvalue weighted by Crippen LogP contribution is -1.57. The summed E-state index contributed by atoms with van der Waals surface area (Å²) < 4.78 is 0. The molecule has 50 valence electrons. The predicted octanol–water partition coefficient (Wildman–Crippen LogP) is 2.67. The zero-order valence-electron chi connectivity index (χ0n) is 5.45. The highest BCUT2D eigenvalue weighted by atomic mass is 32.1. The van der Waals surface area contributed by atoms with Gasteiger partial charge in [-0.15, -0.1) is 11.3 Å². The van der Waals surface area contributed by atoms with Crippen LogP contribution in [0.5, 0.6) is 0 Å². The number of thiophene rings is 1. The van der Waals surface area contributed by atoms with E-state index in [-0.39, 0.29) is 0 Å². The van der Waals surface area contributed by atoms with Crippen LogP contribution in [-0.2, 0) is 0 Å². The molecule has 0 radical (unpaired) electrons. The molecule has 0 bridgehead atoms. The molecule has 0 atom stereocenters. The predicted molar refractivity (Wildman–Crippen MR) is 43.6 cm³/mol. The van der Waals surface area contributed by atoms with Crippen molar-refractivity contribution in [3.63, 3.8) is 0 Å². The van der Waals surface area contributed by atoms with Gasteiger partial charge in [-0.1, -0.05) is 12.1 Å². The largest absolute Gasteiger partial charge is 0.198 e. The van der Waals surface area contributed by atoms with Crippen molar-refractivity contribution < 1.29 is 0 Å². The van der Waals surface area contributed by atoms with Gasteiger partial charge >= 0.3 is 0 Å². The number of hydrogen-bond donors (Lipinski definition) is 0. The van der Waals surface area contributed by atoms with E-state index in [9.17, 15) is 0 Å². The Morgan fingerprint density at radius 1 is 1.70 bits per heavy atom. The molecule has 0 aliphatic carbocycles. The summed E-state index contributed by atoms with van der Waals surface area (Å²) in [6.45, 7) is 0. The number of nitriles is 1. The number of rotatable bonds is 2. The van der Waals surface area contributed by atoms with Crippen LogP contribution in [0, 0.1) is 11.3 Å². The van der Waals surface area contributed by atoms with Gasteiger partial charge < -0.3 is 0 Å². The zero-order chi connectivity index (χ0) is 7.23. The molecule has 0 saturated carbocycles. The van der Waals surface area contributed by atoms with Gasteiger partial charge in [0.1, 0.15) is 0 Å². The summed E-state index contributed by atoms with van der Waals surface area (Å²) in [5, 5.41) is 10.2. The molecule has 1 rings (SSSR count). The molecule has 0 aliphatic rings. The van der Waals surface area contributed by atoms with Crippen LogP contribution in [0.2, 0.25) is 0 Å². The fourth-order valence-electron chi connectivity index (χ4n) is 0.614. The minimum absolute atomic E-state index is 0.498. The first kappa shape index (κ1) is 7.04. The van der Waals surface area contributed by atoms with Gasteiger partial charge in [-0.3, -0.25) is 0 Å². The highest BCUT2D eigenvalue weighted by molar-refractivity contribution is 7.10. The van der Waals surface area contributed by atoms with E-state index in [1.54, 1.807) is 11.3 Å². The van der Waals surface area contributed by atoms with Crippen LogP contribution in [0.25, 0.3) is 6.08 Å². The fraction of sp³-hybridized carbons (Fsp3) is 0.125. The van der Waals surface area contributed by atoms with Crippen molar-refractivity contribution in [3.8, 4) is 6.07 Å². The van der Waals surface area contributed by atoms with Gasteiger partial charge in [-0.25, -0.2) is 0 Å². The van der Waals surface area contributed by atoms with Crippen LogP contribution in [0.15, 0.2) is 23.6 Å². The summed E-state index contributed by atoms with van der Waals surface area (Å²) in [4.78, 5) is 1.20. The van der Waals surface area contributed by atoms with Crippen LogP contribution in [0.1, 0.15) is 11.3 Å². The molecule has 0 unspecified atom stereocenters. The molecule has 0 fully saturated rings. The molecule has 2 heteroatoms. The Balaban J connectivity index is 2.49. The first-order valence-corrected chi connectivity index (χ1v) is 3.88. The van der Waals surface area contributed by atoms with Crippen molar-refractivity contribution in [1.29, 1.82) is 5.26 Å². The molecule has 0 saturated heterocycles. The van der Waals surface area contributed by atoms with Gasteiger partial charge in [0.25, 0.3) is 0 Å². The lowest BCUT2D eigenvalue weighted by molar-refractivity contribution is 1.36. The lowest BCUT2D eigenvalue weighted by atomic mass is 10.3. The number of hydrogen-bond acceptors (Lipinski definition) is 2. The Morgan fingerprint density at radius 2 is 2.60 bits per heavy atom. The second-order valence-corrected chi connectivity index (χ2v) is 2.76. The summed E-state index contributed by atoms with van der Waals surface area (Å²) in [5.74, 6) is 0. The van der Waals surface area contributed by atoms with E-state index >= 15 is 0 Å². The summed E-state index contributed by atoms with van der Waals surface area (Å²) in [5.41, 5.74) is 0. The third-order valence-electron chi connectivity index (χ3n) is 1.03. The third-order valence-corrected chi connectivity index (χ3v) is 1.87. The van der Waals surface area contributed by atoms with E-state index in [1.807, 2.05) is 35.7 Å². The lowest BCUT2D eigenvalue weighted by Gasteiger charge is -1.77. The van der Waals surface area contributed by atoms with Crippen LogP contribution in [0.4, 0.5) is 0 Å². The Morgan fingerprint density at radius 3 is 3.20 bits per heavy atom. The average Bonchev–Trinajstić information content (AvgIpc) is 2.41. The van der Waals surface area contributed by atoms with E-state index in [1.165, 1.54) is 4.88 Å². The molecule has 0 aliphatic heterocycles. The minimum Gasteiger partial charge on any atom is -0.198 e. The monoisotopic (exact) mass is 149 g/mol. The zero-order valence-corrected chi connectivity index (χ0v) is 6.27. The summed E-state index contributed by atoms with van der Waals surface area (Å²) in [7, 11) is 0. The molecule has 1 aromatic rings. The molecule has 10 heavy (non-hydrogen) atoms. The van der Waals surface area contributed by atoms with Crippen molar-refractivity contribution >= 4 is 17.4 Å².